The lowest BCUT2D eigenvalue weighted by Crippen LogP contribution is -2.41. The molecule has 4 N–H and O–H groups in total. The molecule has 1 aliphatic carbocycles. The van der Waals surface area contributed by atoms with Crippen LogP contribution in [-0.2, 0) is 4.74 Å². The van der Waals surface area contributed by atoms with E-state index in [1.165, 1.54) is 0 Å². The highest BCUT2D eigenvalue weighted by atomic mass is 19.2. The van der Waals surface area contributed by atoms with Gasteiger partial charge in [-0.25, -0.2) is 18.4 Å². The lowest BCUT2D eigenvalue weighted by Gasteiger charge is -2.31. The van der Waals surface area contributed by atoms with Gasteiger partial charge in [0.25, 0.3) is 5.91 Å². The third kappa shape index (κ3) is 4.33. The van der Waals surface area contributed by atoms with E-state index in [2.05, 4.69) is 15.1 Å². The molecule has 7 nitrogen and oxygen atoms in total. The number of aryl methyl sites for hydroxylation is 1. The Hall–Kier alpha value is -3.15. The molecule has 2 unspecified atom stereocenters. The van der Waals surface area contributed by atoms with Crippen molar-refractivity contribution < 1.29 is 23.1 Å². The van der Waals surface area contributed by atoms with Gasteiger partial charge in [0.2, 0.25) is 5.69 Å². The van der Waals surface area contributed by atoms with Crippen molar-refractivity contribution in [3.05, 3.63) is 39.9 Å². The number of nitrogens with zero attached hydrogens (tertiary/aromatic N) is 1. The molecule has 166 valence electrons. The molecule has 31 heavy (non-hydrogen) atoms. The van der Waals surface area contributed by atoms with E-state index in [0.29, 0.717) is 31.4 Å². The van der Waals surface area contributed by atoms with E-state index in [1.54, 1.807) is 27.7 Å². The van der Waals surface area contributed by atoms with Crippen molar-refractivity contribution in [2.45, 2.75) is 70.9 Å². The number of halogens is 2. The Bertz CT molecular complexity index is 1100. The normalized spacial score (nSPS) is 19.1. The second-order valence-electron chi connectivity index (χ2n) is 8.95. The van der Waals surface area contributed by atoms with E-state index in [4.69, 9.17) is 17.0 Å². The van der Waals surface area contributed by atoms with Crippen molar-refractivity contribution >= 4 is 28.6 Å². The first-order chi connectivity index (χ1) is 14.4. The zero-order valence-corrected chi connectivity index (χ0v) is 18.0. The van der Waals surface area contributed by atoms with Crippen molar-refractivity contribution in [1.29, 1.82) is 0 Å². The fraction of sp³-hybridized carbons (Fsp3) is 0.500. The minimum absolute atomic E-state index is 0.0344. The van der Waals surface area contributed by atoms with Gasteiger partial charge in [-0.05, 0) is 58.4 Å². The average molecular weight is 432 g/mol. The number of primary amides is 1. The number of hydrogen-bond acceptors (Lipinski definition) is 3. The molecular formula is C22H26F2N4O3. The highest BCUT2D eigenvalue weighted by Gasteiger charge is 2.34. The second kappa shape index (κ2) is 8.17. The van der Waals surface area contributed by atoms with Crippen molar-refractivity contribution in [2.75, 3.05) is 0 Å². The van der Waals surface area contributed by atoms with Crippen molar-refractivity contribution in [3.63, 3.8) is 0 Å². The quantitative estimate of drug-likeness (QED) is 0.598. The smallest absolute Gasteiger partial charge is 0.407 e. The van der Waals surface area contributed by atoms with E-state index in [9.17, 15) is 14.0 Å². The van der Waals surface area contributed by atoms with E-state index in [0.717, 1.165) is 0 Å². The summed E-state index contributed by atoms with van der Waals surface area (Å²) >= 11 is 0. The zero-order chi connectivity index (χ0) is 23.1. The van der Waals surface area contributed by atoms with Crippen LogP contribution >= 0.6 is 0 Å². The Morgan fingerprint density at radius 1 is 1.26 bits per heavy atom. The molecule has 1 heterocycles. The first kappa shape index (κ1) is 22.5. The number of ether oxygens (including phenoxy) is 1. The van der Waals surface area contributed by atoms with Crippen LogP contribution in [-0.4, -0.2) is 28.6 Å². The maximum Gasteiger partial charge on any atom is 0.407 e. The third-order valence-corrected chi connectivity index (χ3v) is 5.48. The molecular weight excluding hydrogens is 406 g/mol. The number of nitrogens with two attached hydrogens (primary N) is 1. The summed E-state index contributed by atoms with van der Waals surface area (Å²) in [7, 11) is 0. The molecule has 0 bridgehead atoms. The Labute approximate surface area is 179 Å². The number of hydrogen-bond donors (Lipinski definition) is 3. The van der Waals surface area contributed by atoms with Crippen LogP contribution in [0.5, 0.6) is 0 Å². The number of carbonyl (C=O) groups is 2. The molecule has 2 amide bonds. The number of H-pyrrole nitrogens is 1. The molecule has 0 aliphatic heterocycles. The number of nitrogens with one attached hydrogen (secondary N) is 2. The van der Waals surface area contributed by atoms with Gasteiger partial charge in [0.15, 0.2) is 11.6 Å². The maximum atomic E-state index is 15.3. The summed E-state index contributed by atoms with van der Waals surface area (Å²) in [6.07, 6.45) is 1.67. The van der Waals surface area contributed by atoms with Crippen LogP contribution < -0.4 is 11.1 Å². The minimum Gasteiger partial charge on any atom is -0.444 e. The van der Waals surface area contributed by atoms with Gasteiger partial charge >= 0.3 is 6.09 Å². The highest BCUT2D eigenvalue weighted by Crippen LogP contribution is 2.44. The summed E-state index contributed by atoms with van der Waals surface area (Å²) in [5.41, 5.74) is 4.67. The number of rotatable bonds is 3. The summed E-state index contributed by atoms with van der Waals surface area (Å²) < 4.78 is 35.4. The van der Waals surface area contributed by atoms with Gasteiger partial charge in [-0.2, -0.15) is 0 Å². The monoisotopic (exact) mass is 432 g/mol. The Balaban J connectivity index is 2.05. The molecule has 2 aromatic rings. The number of amides is 2. The van der Waals surface area contributed by atoms with Gasteiger partial charge in [-0.15, -0.1) is 0 Å². The van der Waals surface area contributed by atoms with Crippen LogP contribution in [0.25, 0.3) is 15.7 Å². The molecule has 1 saturated carbocycles. The standard InChI is InChI=1S/C22H26F2N4O3/c1-10-18(26-5)14-13(16(23)17(24)15(20(25)29)19(14)27-10)11-7-6-8-12(9-11)28-21(30)31-22(2,3)4/h11-12,27H,6-9H2,1-4H3,(H2,25,29)(H,28,30). The van der Waals surface area contributed by atoms with Crippen molar-refractivity contribution in [1.82, 2.24) is 10.3 Å². The topological polar surface area (TPSA) is 102 Å². The van der Waals surface area contributed by atoms with Gasteiger partial charge in [0, 0.05) is 17.1 Å². The maximum absolute atomic E-state index is 15.3. The third-order valence-electron chi connectivity index (χ3n) is 5.48. The zero-order valence-electron chi connectivity index (χ0n) is 18.0. The van der Waals surface area contributed by atoms with Gasteiger partial charge in [-0.1, -0.05) is 6.42 Å². The van der Waals surface area contributed by atoms with Crippen LogP contribution in [0.1, 0.15) is 74.0 Å². The minimum atomic E-state index is -1.32. The Morgan fingerprint density at radius 2 is 1.94 bits per heavy atom. The molecule has 0 spiro atoms. The van der Waals surface area contributed by atoms with Crippen LogP contribution in [0.15, 0.2) is 0 Å². The van der Waals surface area contributed by atoms with Crippen LogP contribution in [0.3, 0.4) is 0 Å². The van der Waals surface area contributed by atoms with Crippen molar-refractivity contribution in [2.24, 2.45) is 5.73 Å². The molecule has 0 radical (unpaired) electrons. The Kier molecular flexibility index (Phi) is 5.94. The number of fused-ring (bicyclic) bond motifs is 1. The summed E-state index contributed by atoms with van der Waals surface area (Å²) in [6.45, 7) is 14.4. The molecule has 1 aromatic heterocycles. The van der Waals surface area contributed by atoms with Crippen molar-refractivity contribution in [3.8, 4) is 0 Å². The molecule has 1 aliphatic rings. The summed E-state index contributed by atoms with van der Waals surface area (Å²) in [5.74, 6) is -4.06. The number of alkyl carbamates (subject to hydrolysis) is 1. The lowest BCUT2D eigenvalue weighted by molar-refractivity contribution is 0.0490. The molecule has 9 heteroatoms. The van der Waals surface area contributed by atoms with Gasteiger partial charge in [-0.3, -0.25) is 4.79 Å². The predicted molar refractivity (Wildman–Crippen MR) is 112 cm³/mol. The summed E-state index contributed by atoms with van der Waals surface area (Å²) in [6, 6.07) is -0.293. The van der Waals surface area contributed by atoms with E-state index >= 15 is 4.39 Å². The van der Waals surface area contributed by atoms with Crippen LogP contribution in [0, 0.1) is 25.1 Å². The van der Waals surface area contributed by atoms with Gasteiger partial charge < -0.3 is 20.8 Å². The SMILES string of the molecule is [C-]#[N+]c1c(C)[nH]c2c(C(N)=O)c(F)c(F)c(C3CCCC(NC(=O)OC(C)(C)C)C3)c12. The lowest BCUT2D eigenvalue weighted by atomic mass is 9.79. The van der Waals surface area contributed by atoms with E-state index in [1.807, 2.05) is 0 Å². The van der Waals surface area contributed by atoms with Gasteiger partial charge in [0.05, 0.1) is 12.1 Å². The largest absolute Gasteiger partial charge is 0.444 e. The van der Waals surface area contributed by atoms with Crippen LogP contribution in [0.2, 0.25) is 0 Å². The highest BCUT2D eigenvalue weighted by molar-refractivity contribution is 6.10. The first-order valence-electron chi connectivity index (χ1n) is 10.1. The number of carbonyl (C=O) groups excluding carboxylic acids is 2. The fourth-order valence-corrected chi connectivity index (χ4v) is 4.32. The summed E-state index contributed by atoms with van der Waals surface area (Å²) in [5, 5.41) is 2.98. The number of aromatic nitrogens is 1. The summed E-state index contributed by atoms with van der Waals surface area (Å²) in [4.78, 5) is 30.3. The molecule has 3 rings (SSSR count). The predicted octanol–water partition coefficient (Wildman–Crippen LogP) is 4.96. The van der Waals surface area contributed by atoms with Gasteiger partial charge in [0.1, 0.15) is 11.2 Å². The molecule has 0 saturated heterocycles. The number of benzene rings is 1. The first-order valence-corrected chi connectivity index (χ1v) is 10.1. The van der Waals surface area contributed by atoms with Crippen LogP contribution in [0.4, 0.5) is 19.3 Å². The number of aromatic amines is 1. The molecule has 1 aromatic carbocycles. The average Bonchev–Trinajstić information content (AvgIpc) is 2.96. The second-order valence-corrected chi connectivity index (χ2v) is 8.95. The molecule has 2 atom stereocenters. The van der Waals surface area contributed by atoms with E-state index < -0.39 is 40.7 Å². The molecule has 1 fully saturated rings. The Morgan fingerprint density at radius 3 is 2.52 bits per heavy atom. The fourth-order valence-electron chi connectivity index (χ4n) is 4.32. The van der Waals surface area contributed by atoms with E-state index in [-0.39, 0.29) is 28.2 Å².